The van der Waals surface area contributed by atoms with Crippen molar-refractivity contribution in [2.24, 2.45) is 5.73 Å². The quantitative estimate of drug-likeness (QED) is 0.857. The van der Waals surface area contributed by atoms with Crippen molar-refractivity contribution in [1.29, 1.82) is 0 Å². The molecule has 0 saturated heterocycles. The van der Waals surface area contributed by atoms with Gasteiger partial charge in [0.2, 0.25) is 0 Å². The molecule has 0 radical (unpaired) electrons. The summed E-state index contributed by atoms with van der Waals surface area (Å²) in [6.45, 7) is 4.75. The molecule has 2 rings (SSSR count). The van der Waals surface area contributed by atoms with Crippen molar-refractivity contribution in [1.82, 2.24) is 5.16 Å². The number of rotatable bonds is 3. The standard InChI is InChI=1S/C13H16N2O/c1-9-3-4-12(10(2)7-9)13-8-11(5-6-14)16-15-13/h3-4,7-8H,5-6,14H2,1-2H3. The first-order valence-corrected chi connectivity index (χ1v) is 5.44. The van der Waals surface area contributed by atoms with Gasteiger partial charge < -0.3 is 10.3 Å². The van der Waals surface area contributed by atoms with Gasteiger partial charge in [-0.2, -0.15) is 0 Å². The Morgan fingerprint density at radius 3 is 2.75 bits per heavy atom. The van der Waals surface area contributed by atoms with Crippen LogP contribution in [0.15, 0.2) is 28.8 Å². The normalized spacial score (nSPS) is 10.7. The van der Waals surface area contributed by atoms with Gasteiger partial charge in [-0.3, -0.25) is 0 Å². The Bertz CT molecular complexity index is 488. The van der Waals surface area contributed by atoms with E-state index in [0.717, 1.165) is 23.4 Å². The minimum atomic E-state index is 0.585. The van der Waals surface area contributed by atoms with Gasteiger partial charge in [0.05, 0.1) is 0 Å². The first-order valence-electron chi connectivity index (χ1n) is 5.44. The van der Waals surface area contributed by atoms with Gasteiger partial charge in [0, 0.05) is 18.1 Å². The number of aryl methyl sites for hydroxylation is 2. The molecule has 0 atom stereocenters. The number of nitrogens with two attached hydrogens (primary N) is 1. The van der Waals surface area contributed by atoms with Crippen LogP contribution in [0.1, 0.15) is 16.9 Å². The molecule has 1 aromatic carbocycles. The van der Waals surface area contributed by atoms with Crippen LogP contribution in [0.2, 0.25) is 0 Å². The van der Waals surface area contributed by atoms with E-state index in [0.29, 0.717) is 6.54 Å². The molecule has 0 aliphatic rings. The fourth-order valence-corrected chi connectivity index (χ4v) is 1.80. The molecule has 2 N–H and O–H groups in total. The van der Waals surface area contributed by atoms with E-state index < -0.39 is 0 Å². The maximum absolute atomic E-state index is 5.47. The topological polar surface area (TPSA) is 52.0 Å². The van der Waals surface area contributed by atoms with Crippen molar-refractivity contribution in [3.8, 4) is 11.3 Å². The van der Waals surface area contributed by atoms with Gasteiger partial charge in [-0.15, -0.1) is 0 Å². The highest BCUT2D eigenvalue weighted by Crippen LogP contribution is 2.23. The van der Waals surface area contributed by atoms with Crippen molar-refractivity contribution < 1.29 is 4.52 Å². The van der Waals surface area contributed by atoms with Gasteiger partial charge in [-0.05, 0) is 26.0 Å². The van der Waals surface area contributed by atoms with Crippen LogP contribution in [-0.4, -0.2) is 11.7 Å². The SMILES string of the molecule is Cc1ccc(-c2cc(CCN)on2)c(C)c1. The molecule has 0 fully saturated rings. The van der Waals surface area contributed by atoms with E-state index in [1.807, 2.05) is 6.07 Å². The largest absolute Gasteiger partial charge is 0.361 e. The van der Waals surface area contributed by atoms with Crippen molar-refractivity contribution in [2.75, 3.05) is 6.54 Å². The van der Waals surface area contributed by atoms with E-state index in [-0.39, 0.29) is 0 Å². The molecule has 0 amide bonds. The summed E-state index contributed by atoms with van der Waals surface area (Å²) in [6, 6.07) is 8.27. The van der Waals surface area contributed by atoms with Crippen LogP contribution in [0.4, 0.5) is 0 Å². The zero-order chi connectivity index (χ0) is 11.5. The van der Waals surface area contributed by atoms with E-state index in [4.69, 9.17) is 10.3 Å². The van der Waals surface area contributed by atoms with Crippen LogP contribution < -0.4 is 5.73 Å². The second-order valence-corrected chi connectivity index (χ2v) is 4.04. The maximum Gasteiger partial charge on any atom is 0.138 e. The minimum Gasteiger partial charge on any atom is -0.361 e. The summed E-state index contributed by atoms with van der Waals surface area (Å²) < 4.78 is 5.21. The van der Waals surface area contributed by atoms with E-state index in [9.17, 15) is 0 Å². The average molecular weight is 216 g/mol. The Morgan fingerprint density at radius 2 is 2.06 bits per heavy atom. The molecule has 84 valence electrons. The summed E-state index contributed by atoms with van der Waals surface area (Å²) in [5.41, 5.74) is 9.95. The van der Waals surface area contributed by atoms with Gasteiger partial charge >= 0.3 is 0 Å². The Kier molecular flexibility index (Phi) is 3.06. The van der Waals surface area contributed by atoms with Crippen LogP contribution >= 0.6 is 0 Å². The monoisotopic (exact) mass is 216 g/mol. The summed E-state index contributed by atoms with van der Waals surface area (Å²) in [5.74, 6) is 0.845. The number of hydrogen-bond acceptors (Lipinski definition) is 3. The van der Waals surface area contributed by atoms with Crippen LogP contribution in [0.5, 0.6) is 0 Å². The predicted octanol–water partition coefficient (Wildman–Crippen LogP) is 2.46. The minimum absolute atomic E-state index is 0.585. The van der Waals surface area contributed by atoms with Crippen LogP contribution in [0.25, 0.3) is 11.3 Å². The maximum atomic E-state index is 5.47. The van der Waals surface area contributed by atoms with Crippen LogP contribution in [0, 0.1) is 13.8 Å². The van der Waals surface area contributed by atoms with Crippen molar-refractivity contribution in [3.63, 3.8) is 0 Å². The Balaban J connectivity index is 2.35. The van der Waals surface area contributed by atoms with E-state index >= 15 is 0 Å². The Labute approximate surface area is 95.3 Å². The van der Waals surface area contributed by atoms with Gasteiger partial charge in [-0.25, -0.2) is 0 Å². The number of aromatic nitrogens is 1. The van der Waals surface area contributed by atoms with Crippen LogP contribution in [-0.2, 0) is 6.42 Å². The van der Waals surface area contributed by atoms with Crippen molar-refractivity contribution in [2.45, 2.75) is 20.3 Å². The summed E-state index contributed by atoms with van der Waals surface area (Å²) in [4.78, 5) is 0. The first-order chi connectivity index (χ1) is 7.70. The number of nitrogens with zero attached hydrogens (tertiary/aromatic N) is 1. The lowest BCUT2D eigenvalue weighted by molar-refractivity contribution is 0.386. The highest BCUT2D eigenvalue weighted by Gasteiger charge is 2.08. The molecule has 3 nitrogen and oxygen atoms in total. The summed E-state index contributed by atoms with van der Waals surface area (Å²) in [5, 5.41) is 4.06. The molecule has 0 aliphatic heterocycles. The molecule has 2 aromatic rings. The Morgan fingerprint density at radius 1 is 1.25 bits per heavy atom. The van der Waals surface area contributed by atoms with Crippen molar-refractivity contribution in [3.05, 3.63) is 41.2 Å². The molecule has 0 spiro atoms. The smallest absolute Gasteiger partial charge is 0.138 e. The van der Waals surface area contributed by atoms with Gasteiger partial charge in [0.1, 0.15) is 11.5 Å². The number of benzene rings is 1. The molecule has 3 heteroatoms. The second kappa shape index (κ2) is 4.49. The van der Waals surface area contributed by atoms with Crippen LogP contribution in [0.3, 0.4) is 0 Å². The summed E-state index contributed by atoms with van der Waals surface area (Å²) >= 11 is 0. The molecule has 1 heterocycles. The molecule has 1 aromatic heterocycles. The molecule has 0 bridgehead atoms. The van der Waals surface area contributed by atoms with E-state index in [1.54, 1.807) is 0 Å². The molecular weight excluding hydrogens is 200 g/mol. The number of hydrogen-bond donors (Lipinski definition) is 1. The third kappa shape index (κ3) is 2.14. The fraction of sp³-hybridized carbons (Fsp3) is 0.308. The predicted molar refractivity (Wildman–Crippen MR) is 64.2 cm³/mol. The van der Waals surface area contributed by atoms with Gasteiger partial charge in [0.15, 0.2) is 0 Å². The molecule has 0 unspecified atom stereocenters. The first kappa shape index (κ1) is 10.9. The lowest BCUT2D eigenvalue weighted by Gasteiger charge is -2.02. The molecular formula is C13H16N2O. The summed E-state index contributed by atoms with van der Waals surface area (Å²) in [7, 11) is 0. The van der Waals surface area contributed by atoms with Gasteiger partial charge in [0.25, 0.3) is 0 Å². The lowest BCUT2D eigenvalue weighted by Crippen LogP contribution is -2.01. The zero-order valence-corrected chi connectivity index (χ0v) is 9.66. The third-order valence-electron chi connectivity index (χ3n) is 2.61. The highest BCUT2D eigenvalue weighted by molar-refractivity contribution is 5.63. The van der Waals surface area contributed by atoms with E-state index in [1.165, 1.54) is 11.1 Å². The molecule has 0 aliphatic carbocycles. The second-order valence-electron chi connectivity index (χ2n) is 4.04. The molecule has 16 heavy (non-hydrogen) atoms. The zero-order valence-electron chi connectivity index (χ0n) is 9.66. The third-order valence-corrected chi connectivity index (χ3v) is 2.61. The highest BCUT2D eigenvalue weighted by atomic mass is 16.5. The van der Waals surface area contributed by atoms with Crippen molar-refractivity contribution >= 4 is 0 Å². The van der Waals surface area contributed by atoms with Gasteiger partial charge in [-0.1, -0.05) is 28.9 Å². The average Bonchev–Trinajstić information content (AvgIpc) is 2.67. The van der Waals surface area contributed by atoms with E-state index in [2.05, 4.69) is 37.2 Å². The Hall–Kier alpha value is -1.61. The molecule has 0 saturated carbocycles. The summed E-state index contributed by atoms with van der Waals surface area (Å²) in [6.07, 6.45) is 0.734. The fourth-order valence-electron chi connectivity index (χ4n) is 1.80. The lowest BCUT2D eigenvalue weighted by atomic mass is 10.0.